The molecule has 6 aromatic carbocycles. The van der Waals surface area contributed by atoms with Gasteiger partial charge < -0.3 is 4.57 Å². The van der Waals surface area contributed by atoms with Crippen LogP contribution in [0.5, 0.6) is 0 Å². The highest BCUT2D eigenvalue weighted by atomic mass is 32.1. The van der Waals surface area contributed by atoms with Gasteiger partial charge in [-0.05, 0) is 60.7 Å². The van der Waals surface area contributed by atoms with Gasteiger partial charge in [0.25, 0.3) is 0 Å². The molecule has 0 spiro atoms. The Morgan fingerprint density at radius 1 is 0.386 bits per heavy atom. The lowest BCUT2D eigenvalue weighted by atomic mass is 10.1. The van der Waals surface area contributed by atoms with Gasteiger partial charge in [-0.15, -0.1) is 11.3 Å². The molecule has 5 heteroatoms. The van der Waals surface area contributed by atoms with Crippen LogP contribution < -0.4 is 0 Å². The highest BCUT2D eigenvalue weighted by molar-refractivity contribution is 7.25. The van der Waals surface area contributed by atoms with E-state index in [0.29, 0.717) is 17.5 Å². The Bertz CT molecular complexity index is 2440. The summed E-state index contributed by atoms with van der Waals surface area (Å²) in [5, 5.41) is 4.98. The topological polar surface area (TPSA) is 43.6 Å². The van der Waals surface area contributed by atoms with Crippen molar-refractivity contribution in [1.82, 2.24) is 19.5 Å². The van der Waals surface area contributed by atoms with E-state index in [-0.39, 0.29) is 0 Å². The number of fused-ring (bicyclic) bond motifs is 6. The first-order chi connectivity index (χ1) is 21.8. The Morgan fingerprint density at radius 2 is 0.886 bits per heavy atom. The molecule has 0 N–H and O–H groups in total. The molecule has 9 aromatic rings. The quantitative estimate of drug-likeness (QED) is 0.208. The molecule has 0 unspecified atom stereocenters. The maximum Gasteiger partial charge on any atom is 0.164 e. The summed E-state index contributed by atoms with van der Waals surface area (Å²) in [6, 6.07) is 50.9. The maximum atomic E-state index is 5.04. The highest BCUT2D eigenvalue weighted by Crippen LogP contribution is 2.37. The van der Waals surface area contributed by atoms with Crippen LogP contribution in [0.25, 0.3) is 81.8 Å². The number of rotatable bonds is 4. The van der Waals surface area contributed by atoms with Gasteiger partial charge in [-0.25, -0.2) is 15.0 Å². The predicted molar refractivity (Wildman–Crippen MR) is 183 cm³/mol. The summed E-state index contributed by atoms with van der Waals surface area (Å²) < 4.78 is 4.86. The summed E-state index contributed by atoms with van der Waals surface area (Å²) in [6.07, 6.45) is 0. The molecule has 9 rings (SSSR count). The fourth-order valence-corrected chi connectivity index (χ4v) is 7.26. The van der Waals surface area contributed by atoms with Crippen LogP contribution in [-0.2, 0) is 0 Å². The first kappa shape index (κ1) is 24.9. The third-order valence-corrected chi connectivity index (χ3v) is 9.42. The number of para-hydroxylation sites is 2. The van der Waals surface area contributed by atoms with Crippen molar-refractivity contribution < 1.29 is 0 Å². The van der Waals surface area contributed by atoms with Crippen LogP contribution in [0.15, 0.2) is 146 Å². The molecule has 0 atom stereocenters. The fourth-order valence-electron chi connectivity index (χ4n) is 6.18. The summed E-state index contributed by atoms with van der Waals surface area (Å²) >= 11 is 1.81. The van der Waals surface area contributed by atoms with Gasteiger partial charge in [0.15, 0.2) is 17.5 Å². The van der Waals surface area contributed by atoms with Gasteiger partial charge in [0.1, 0.15) is 0 Å². The van der Waals surface area contributed by atoms with Crippen molar-refractivity contribution in [3.05, 3.63) is 146 Å². The molecule has 206 valence electrons. The number of hydrogen-bond donors (Lipinski definition) is 0. The van der Waals surface area contributed by atoms with E-state index < -0.39 is 0 Å². The molecule has 0 saturated carbocycles. The molecule has 0 bridgehead atoms. The molecule has 0 saturated heterocycles. The SMILES string of the molecule is c1ccc(-c2nc(-c3ccc(-n4c5ccccc5c5ccccc54)cc3)nc(-c3ccc4sc5ccccc5c4c3)n2)cc1. The first-order valence-corrected chi connectivity index (χ1v) is 15.4. The van der Waals surface area contributed by atoms with E-state index in [2.05, 4.69) is 120 Å². The van der Waals surface area contributed by atoms with Crippen molar-refractivity contribution in [2.45, 2.75) is 0 Å². The number of hydrogen-bond acceptors (Lipinski definition) is 4. The van der Waals surface area contributed by atoms with E-state index in [1.807, 2.05) is 41.7 Å². The number of nitrogens with zero attached hydrogens (tertiary/aromatic N) is 4. The Morgan fingerprint density at radius 3 is 1.57 bits per heavy atom. The molecule has 0 aliphatic heterocycles. The van der Waals surface area contributed by atoms with E-state index >= 15 is 0 Å². The summed E-state index contributed by atoms with van der Waals surface area (Å²) in [7, 11) is 0. The van der Waals surface area contributed by atoms with Gasteiger partial charge in [0.05, 0.1) is 11.0 Å². The Kier molecular flexibility index (Phi) is 5.64. The van der Waals surface area contributed by atoms with Gasteiger partial charge >= 0.3 is 0 Å². The van der Waals surface area contributed by atoms with Crippen molar-refractivity contribution in [1.29, 1.82) is 0 Å². The number of thiophene rings is 1. The molecule has 0 amide bonds. The van der Waals surface area contributed by atoms with Crippen molar-refractivity contribution in [2.24, 2.45) is 0 Å². The smallest absolute Gasteiger partial charge is 0.164 e. The minimum Gasteiger partial charge on any atom is -0.309 e. The second-order valence-electron chi connectivity index (χ2n) is 10.9. The molecule has 44 heavy (non-hydrogen) atoms. The van der Waals surface area contributed by atoms with Gasteiger partial charge in [0.2, 0.25) is 0 Å². The van der Waals surface area contributed by atoms with E-state index in [1.165, 1.54) is 42.0 Å². The monoisotopic (exact) mass is 580 g/mol. The molecule has 3 heterocycles. The fraction of sp³-hybridized carbons (Fsp3) is 0. The third kappa shape index (κ3) is 4.02. The predicted octanol–water partition coefficient (Wildman–Crippen LogP) is 10.3. The Balaban J connectivity index is 1.19. The summed E-state index contributed by atoms with van der Waals surface area (Å²) in [4.78, 5) is 15.0. The molecule has 0 aliphatic carbocycles. The van der Waals surface area contributed by atoms with E-state index in [0.717, 1.165) is 22.4 Å². The average molecular weight is 581 g/mol. The average Bonchev–Trinajstić information content (AvgIpc) is 3.64. The van der Waals surface area contributed by atoms with Gasteiger partial charge in [-0.2, -0.15) is 0 Å². The molecule has 0 aliphatic rings. The van der Waals surface area contributed by atoms with Crippen LogP contribution in [0.4, 0.5) is 0 Å². The normalized spacial score (nSPS) is 11.6. The summed E-state index contributed by atoms with van der Waals surface area (Å²) in [5.41, 5.74) is 6.35. The second-order valence-corrected chi connectivity index (χ2v) is 12.0. The standard InChI is InChI=1S/C39H24N4S/c1-2-10-25(11-3-1)37-40-38(42-39(41-37)27-20-23-36-32(24-27)31-14-6-9-17-35(31)44-36)26-18-21-28(22-19-26)43-33-15-7-4-12-29(33)30-13-5-8-16-34(30)43/h1-24H. The molecular weight excluding hydrogens is 557 g/mol. The zero-order chi connectivity index (χ0) is 29.0. The van der Waals surface area contributed by atoms with Gasteiger partial charge in [-0.3, -0.25) is 0 Å². The molecule has 0 fully saturated rings. The largest absolute Gasteiger partial charge is 0.309 e. The number of benzene rings is 6. The number of aromatic nitrogens is 4. The van der Waals surface area contributed by atoms with Crippen LogP contribution >= 0.6 is 11.3 Å². The van der Waals surface area contributed by atoms with Crippen LogP contribution in [0.1, 0.15) is 0 Å². The molecular formula is C39H24N4S. The lowest BCUT2D eigenvalue weighted by molar-refractivity contribution is 1.07. The summed E-state index contributed by atoms with van der Waals surface area (Å²) in [6.45, 7) is 0. The zero-order valence-electron chi connectivity index (χ0n) is 23.6. The van der Waals surface area contributed by atoms with E-state index in [9.17, 15) is 0 Å². The van der Waals surface area contributed by atoms with Crippen molar-refractivity contribution in [3.8, 4) is 39.9 Å². The minimum absolute atomic E-state index is 0.651. The molecule has 4 nitrogen and oxygen atoms in total. The van der Waals surface area contributed by atoms with Crippen LogP contribution in [0, 0.1) is 0 Å². The Hall–Kier alpha value is -5.65. The van der Waals surface area contributed by atoms with Crippen molar-refractivity contribution in [3.63, 3.8) is 0 Å². The van der Waals surface area contributed by atoms with Gasteiger partial charge in [-0.1, -0.05) is 84.9 Å². The highest BCUT2D eigenvalue weighted by Gasteiger charge is 2.15. The first-order valence-electron chi connectivity index (χ1n) is 14.6. The lowest BCUT2D eigenvalue weighted by Crippen LogP contribution is -2.00. The van der Waals surface area contributed by atoms with Crippen LogP contribution in [-0.4, -0.2) is 19.5 Å². The second kappa shape index (κ2) is 9.97. The van der Waals surface area contributed by atoms with Crippen LogP contribution in [0.3, 0.4) is 0 Å². The minimum atomic E-state index is 0.651. The summed E-state index contributed by atoms with van der Waals surface area (Å²) in [5.74, 6) is 1.97. The Labute approximate surface area is 257 Å². The van der Waals surface area contributed by atoms with Gasteiger partial charge in [0, 0.05) is 53.3 Å². The van der Waals surface area contributed by atoms with Crippen LogP contribution in [0.2, 0.25) is 0 Å². The molecule has 3 aromatic heterocycles. The van der Waals surface area contributed by atoms with E-state index in [1.54, 1.807) is 0 Å². The maximum absolute atomic E-state index is 5.04. The van der Waals surface area contributed by atoms with E-state index in [4.69, 9.17) is 15.0 Å². The van der Waals surface area contributed by atoms with Crippen molar-refractivity contribution >= 4 is 53.3 Å². The third-order valence-electron chi connectivity index (χ3n) is 8.27. The van der Waals surface area contributed by atoms with Crippen molar-refractivity contribution in [2.75, 3.05) is 0 Å². The lowest BCUT2D eigenvalue weighted by Gasteiger charge is -2.11. The molecule has 0 radical (unpaired) electrons. The zero-order valence-corrected chi connectivity index (χ0v) is 24.4.